The topological polar surface area (TPSA) is 49.7 Å². The number of benzene rings is 1. The van der Waals surface area contributed by atoms with Crippen LogP contribution in [0.3, 0.4) is 0 Å². The van der Waals surface area contributed by atoms with Crippen molar-refractivity contribution in [1.82, 2.24) is 0 Å². The van der Waals surface area contributed by atoms with Gasteiger partial charge in [-0.3, -0.25) is 0 Å². The van der Waals surface area contributed by atoms with Crippen molar-refractivity contribution in [2.45, 2.75) is 12.5 Å². The molecule has 0 saturated carbocycles. The van der Waals surface area contributed by atoms with Gasteiger partial charge in [0.15, 0.2) is 0 Å². The van der Waals surface area contributed by atoms with Gasteiger partial charge < -0.3 is 14.9 Å². The molecule has 3 nitrogen and oxygen atoms in total. The Labute approximate surface area is 77.6 Å². The monoisotopic (exact) mass is 182 g/mol. The van der Waals surface area contributed by atoms with Crippen LogP contribution in [0.4, 0.5) is 0 Å². The molecule has 2 N–H and O–H groups in total. The zero-order valence-corrected chi connectivity index (χ0v) is 7.60. The molecule has 0 amide bonds. The molecule has 0 unspecified atom stereocenters. The van der Waals surface area contributed by atoms with Gasteiger partial charge in [0, 0.05) is 6.42 Å². The van der Waals surface area contributed by atoms with Crippen LogP contribution in [0.2, 0.25) is 0 Å². The largest absolute Gasteiger partial charge is 0.497 e. The Morgan fingerprint density at radius 2 is 1.92 bits per heavy atom. The predicted octanol–water partition coefficient (Wildman–Crippen LogP) is 0.591. The Kier molecular flexibility index (Phi) is 3.73. The second kappa shape index (κ2) is 4.84. The summed E-state index contributed by atoms with van der Waals surface area (Å²) in [7, 11) is 1.61. The first kappa shape index (κ1) is 10.0. The lowest BCUT2D eigenvalue weighted by atomic mass is 10.1. The number of ether oxygens (including phenoxy) is 1. The maximum Gasteiger partial charge on any atom is 0.118 e. The maximum atomic E-state index is 9.16. The Morgan fingerprint density at radius 1 is 1.31 bits per heavy atom. The minimum atomic E-state index is -0.673. The minimum Gasteiger partial charge on any atom is -0.497 e. The van der Waals surface area contributed by atoms with E-state index >= 15 is 0 Å². The summed E-state index contributed by atoms with van der Waals surface area (Å²) in [4.78, 5) is 0. The third-order valence-corrected chi connectivity index (χ3v) is 1.84. The van der Waals surface area contributed by atoms with E-state index in [4.69, 9.17) is 14.9 Å². The summed E-state index contributed by atoms with van der Waals surface area (Å²) < 4.78 is 4.99. The van der Waals surface area contributed by atoms with Gasteiger partial charge in [0.1, 0.15) is 5.75 Å². The molecule has 0 spiro atoms. The Bertz CT molecular complexity index is 243. The van der Waals surface area contributed by atoms with E-state index in [1.165, 1.54) is 0 Å². The van der Waals surface area contributed by atoms with Crippen LogP contribution in [0, 0.1) is 0 Å². The highest BCUT2D eigenvalue weighted by atomic mass is 16.5. The van der Waals surface area contributed by atoms with Gasteiger partial charge in [-0.2, -0.15) is 0 Å². The lowest BCUT2D eigenvalue weighted by molar-refractivity contribution is 0.0955. The number of aliphatic hydroxyl groups is 2. The average molecular weight is 182 g/mol. The molecule has 0 heterocycles. The van der Waals surface area contributed by atoms with Crippen molar-refractivity contribution in [2.24, 2.45) is 0 Å². The molecule has 1 atom stereocenters. The van der Waals surface area contributed by atoms with Crippen LogP contribution in [0.15, 0.2) is 24.3 Å². The number of aliphatic hydroxyl groups excluding tert-OH is 2. The standard InChI is InChI=1S/C10H14O3/c1-13-10-4-2-8(3-5-10)6-9(12)7-11/h2-5,9,11-12H,6-7H2,1H3/t9-/m1/s1. The summed E-state index contributed by atoms with van der Waals surface area (Å²) in [6.07, 6.45) is -0.200. The van der Waals surface area contributed by atoms with Crippen LogP contribution in [0.25, 0.3) is 0 Å². The Morgan fingerprint density at radius 3 is 2.38 bits per heavy atom. The van der Waals surface area contributed by atoms with Crippen molar-refractivity contribution in [3.8, 4) is 5.75 Å². The lowest BCUT2D eigenvalue weighted by Gasteiger charge is -2.07. The molecule has 0 aliphatic rings. The highest BCUT2D eigenvalue weighted by molar-refractivity contribution is 5.27. The zero-order chi connectivity index (χ0) is 9.68. The van der Waals surface area contributed by atoms with Gasteiger partial charge in [-0.1, -0.05) is 12.1 Å². The second-order valence-corrected chi connectivity index (χ2v) is 2.89. The number of methoxy groups -OCH3 is 1. The summed E-state index contributed by atoms with van der Waals surface area (Å²) in [6, 6.07) is 7.41. The Balaban J connectivity index is 2.58. The van der Waals surface area contributed by atoms with E-state index in [0.29, 0.717) is 6.42 Å². The van der Waals surface area contributed by atoms with Crippen LogP contribution < -0.4 is 4.74 Å². The highest BCUT2D eigenvalue weighted by Gasteiger charge is 2.03. The van der Waals surface area contributed by atoms with Crippen molar-refractivity contribution in [3.05, 3.63) is 29.8 Å². The SMILES string of the molecule is COc1ccc(C[C@@H](O)CO)cc1. The van der Waals surface area contributed by atoms with Crippen molar-refractivity contribution in [1.29, 1.82) is 0 Å². The first-order chi connectivity index (χ1) is 6.26. The summed E-state index contributed by atoms with van der Waals surface area (Å²) >= 11 is 0. The number of hydrogen-bond acceptors (Lipinski definition) is 3. The molecule has 0 radical (unpaired) electrons. The van der Waals surface area contributed by atoms with E-state index in [1.807, 2.05) is 24.3 Å². The normalized spacial score (nSPS) is 12.5. The molecule has 0 fully saturated rings. The molecule has 72 valence electrons. The third-order valence-electron chi connectivity index (χ3n) is 1.84. The quantitative estimate of drug-likeness (QED) is 0.716. The summed E-state index contributed by atoms with van der Waals surface area (Å²) in [5, 5.41) is 17.8. The zero-order valence-electron chi connectivity index (χ0n) is 7.60. The fourth-order valence-electron chi connectivity index (χ4n) is 1.10. The van der Waals surface area contributed by atoms with Crippen molar-refractivity contribution < 1.29 is 14.9 Å². The van der Waals surface area contributed by atoms with E-state index in [-0.39, 0.29) is 6.61 Å². The van der Waals surface area contributed by atoms with E-state index in [0.717, 1.165) is 11.3 Å². The van der Waals surface area contributed by atoms with Gasteiger partial charge in [-0.15, -0.1) is 0 Å². The van der Waals surface area contributed by atoms with Gasteiger partial charge in [0.2, 0.25) is 0 Å². The van der Waals surface area contributed by atoms with Gasteiger partial charge in [-0.25, -0.2) is 0 Å². The van der Waals surface area contributed by atoms with Gasteiger partial charge >= 0.3 is 0 Å². The van der Waals surface area contributed by atoms with Crippen molar-refractivity contribution in [2.75, 3.05) is 13.7 Å². The van der Waals surface area contributed by atoms with Crippen molar-refractivity contribution >= 4 is 0 Å². The molecule has 0 aliphatic heterocycles. The fourth-order valence-corrected chi connectivity index (χ4v) is 1.10. The van der Waals surface area contributed by atoms with Crippen LogP contribution in [-0.2, 0) is 6.42 Å². The molecule has 0 aliphatic carbocycles. The smallest absolute Gasteiger partial charge is 0.118 e. The van der Waals surface area contributed by atoms with E-state index in [9.17, 15) is 0 Å². The summed E-state index contributed by atoms with van der Waals surface area (Å²) in [6.45, 7) is -0.202. The highest BCUT2D eigenvalue weighted by Crippen LogP contribution is 2.12. The maximum absolute atomic E-state index is 9.16. The second-order valence-electron chi connectivity index (χ2n) is 2.89. The van der Waals surface area contributed by atoms with E-state index < -0.39 is 6.10 Å². The van der Waals surface area contributed by atoms with Crippen LogP contribution in [0.1, 0.15) is 5.56 Å². The first-order valence-electron chi connectivity index (χ1n) is 4.18. The van der Waals surface area contributed by atoms with Gasteiger partial charge in [0.25, 0.3) is 0 Å². The minimum absolute atomic E-state index is 0.202. The molecule has 0 aromatic heterocycles. The molecule has 0 saturated heterocycles. The molecule has 0 bridgehead atoms. The van der Waals surface area contributed by atoms with Crippen molar-refractivity contribution in [3.63, 3.8) is 0 Å². The molecule has 1 rings (SSSR count). The molecule has 1 aromatic rings. The summed E-state index contributed by atoms with van der Waals surface area (Å²) in [5.41, 5.74) is 0.988. The summed E-state index contributed by atoms with van der Waals surface area (Å²) in [5.74, 6) is 0.794. The van der Waals surface area contributed by atoms with Crippen LogP contribution in [0.5, 0.6) is 5.75 Å². The number of hydrogen-bond donors (Lipinski definition) is 2. The molecule has 13 heavy (non-hydrogen) atoms. The molecular formula is C10H14O3. The van der Waals surface area contributed by atoms with E-state index in [2.05, 4.69) is 0 Å². The van der Waals surface area contributed by atoms with Gasteiger partial charge in [-0.05, 0) is 17.7 Å². The molecule has 3 heteroatoms. The average Bonchev–Trinajstić information content (AvgIpc) is 2.19. The van der Waals surface area contributed by atoms with Crippen LogP contribution in [-0.4, -0.2) is 30.0 Å². The first-order valence-corrected chi connectivity index (χ1v) is 4.18. The fraction of sp³-hybridized carbons (Fsp3) is 0.400. The van der Waals surface area contributed by atoms with Gasteiger partial charge in [0.05, 0.1) is 19.8 Å². The Hall–Kier alpha value is -1.06. The molecule has 1 aromatic carbocycles. The third kappa shape index (κ3) is 3.05. The molecular weight excluding hydrogens is 168 g/mol. The van der Waals surface area contributed by atoms with Crippen LogP contribution >= 0.6 is 0 Å². The number of rotatable bonds is 4. The lowest BCUT2D eigenvalue weighted by Crippen LogP contribution is -2.14. The predicted molar refractivity (Wildman–Crippen MR) is 49.8 cm³/mol. The van der Waals surface area contributed by atoms with E-state index in [1.54, 1.807) is 7.11 Å².